The number of hydrogen-bond donors (Lipinski definition) is 3. The standard InChI is InChI=1S/C14H12N8O2S2/c1-26(23,24)20-9-4-2-3-8(5-9)10-7-25-11-6-15-13(16-12(10)11)17-14-18-21-22-19-14/h2-7,20H,1H3,(H2,15,16,17,18,19,21,22). The fourth-order valence-electron chi connectivity index (χ4n) is 2.38. The van der Waals surface area contributed by atoms with Crippen molar-refractivity contribution in [3.05, 3.63) is 35.8 Å². The van der Waals surface area contributed by atoms with E-state index in [-0.39, 0.29) is 0 Å². The number of tetrazole rings is 1. The molecule has 26 heavy (non-hydrogen) atoms. The van der Waals surface area contributed by atoms with Crippen molar-refractivity contribution >= 4 is 49.2 Å². The molecule has 0 atom stereocenters. The zero-order valence-corrected chi connectivity index (χ0v) is 15.0. The Balaban J connectivity index is 1.73. The highest BCUT2D eigenvalue weighted by Gasteiger charge is 2.12. The zero-order valence-electron chi connectivity index (χ0n) is 13.3. The van der Waals surface area contributed by atoms with Crippen molar-refractivity contribution in [2.75, 3.05) is 16.3 Å². The van der Waals surface area contributed by atoms with Crippen LogP contribution >= 0.6 is 11.3 Å². The summed E-state index contributed by atoms with van der Waals surface area (Å²) in [6, 6.07) is 7.13. The van der Waals surface area contributed by atoms with Crippen LogP contribution < -0.4 is 10.0 Å². The van der Waals surface area contributed by atoms with Gasteiger partial charge in [-0.05, 0) is 28.1 Å². The molecule has 0 saturated carbocycles. The van der Waals surface area contributed by atoms with E-state index < -0.39 is 10.0 Å². The molecule has 0 unspecified atom stereocenters. The molecule has 3 N–H and O–H groups in total. The van der Waals surface area contributed by atoms with Gasteiger partial charge in [0.15, 0.2) is 0 Å². The van der Waals surface area contributed by atoms with Crippen molar-refractivity contribution in [2.24, 2.45) is 0 Å². The van der Waals surface area contributed by atoms with Crippen LogP contribution in [-0.4, -0.2) is 45.3 Å². The fourth-order valence-corrected chi connectivity index (χ4v) is 3.80. The number of thiophene rings is 1. The molecule has 0 bridgehead atoms. The van der Waals surface area contributed by atoms with Crippen molar-refractivity contribution in [1.82, 2.24) is 30.6 Å². The van der Waals surface area contributed by atoms with Gasteiger partial charge in [-0.1, -0.05) is 17.2 Å². The number of fused-ring (bicyclic) bond motifs is 1. The lowest BCUT2D eigenvalue weighted by Gasteiger charge is -2.06. The van der Waals surface area contributed by atoms with E-state index in [1.54, 1.807) is 24.4 Å². The minimum absolute atomic E-state index is 0.334. The molecule has 0 aliphatic heterocycles. The molecular weight excluding hydrogens is 376 g/mol. The highest BCUT2D eigenvalue weighted by Crippen LogP contribution is 2.34. The van der Waals surface area contributed by atoms with Gasteiger partial charge in [-0.25, -0.2) is 23.5 Å². The first-order valence-electron chi connectivity index (χ1n) is 7.31. The Morgan fingerprint density at radius 3 is 2.92 bits per heavy atom. The molecule has 3 heterocycles. The molecular formula is C14H12N8O2S2. The number of hydrogen-bond acceptors (Lipinski definition) is 9. The lowest BCUT2D eigenvalue weighted by molar-refractivity contribution is 0.607. The molecule has 12 heteroatoms. The summed E-state index contributed by atoms with van der Waals surface area (Å²) in [6.07, 6.45) is 2.82. The van der Waals surface area contributed by atoms with Crippen LogP contribution in [0, 0.1) is 0 Å². The van der Waals surface area contributed by atoms with E-state index in [4.69, 9.17) is 0 Å². The Kier molecular flexibility index (Phi) is 3.97. The van der Waals surface area contributed by atoms with Crippen molar-refractivity contribution in [3.8, 4) is 11.1 Å². The van der Waals surface area contributed by atoms with Gasteiger partial charge in [0.1, 0.15) is 0 Å². The molecule has 0 fully saturated rings. The molecule has 0 radical (unpaired) electrons. The van der Waals surface area contributed by atoms with E-state index in [0.29, 0.717) is 17.6 Å². The molecule has 10 nitrogen and oxygen atoms in total. The van der Waals surface area contributed by atoms with Crippen molar-refractivity contribution in [3.63, 3.8) is 0 Å². The smallest absolute Gasteiger partial charge is 0.247 e. The largest absolute Gasteiger partial charge is 0.292 e. The summed E-state index contributed by atoms with van der Waals surface area (Å²) < 4.78 is 26.3. The topological polar surface area (TPSA) is 138 Å². The van der Waals surface area contributed by atoms with Gasteiger partial charge in [0.25, 0.3) is 0 Å². The predicted molar refractivity (Wildman–Crippen MR) is 98.8 cm³/mol. The second kappa shape index (κ2) is 6.31. The summed E-state index contributed by atoms with van der Waals surface area (Å²) in [7, 11) is -3.35. The number of H-pyrrole nitrogens is 1. The van der Waals surface area contributed by atoms with Crippen LogP contribution in [0.2, 0.25) is 0 Å². The number of nitrogens with zero attached hydrogens (tertiary/aromatic N) is 5. The first-order chi connectivity index (χ1) is 12.5. The highest BCUT2D eigenvalue weighted by molar-refractivity contribution is 7.92. The van der Waals surface area contributed by atoms with Gasteiger partial charge >= 0.3 is 0 Å². The number of anilines is 3. The Morgan fingerprint density at radius 2 is 2.15 bits per heavy atom. The monoisotopic (exact) mass is 388 g/mol. The Labute approximate surface area is 151 Å². The van der Waals surface area contributed by atoms with E-state index in [1.165, 1.54) is 11.3 Å². The minimum atomic E-state index is -3.35. The molecule has 3 aromatic heterocycles. The van der Waals surface area contributed by atoms with E-state index in [0.717, 1.165) is 27.6 Å². The van der Waals surface area contributed by atoms with Crippen LogP contribution in [0.3, 0.4) is 0 Å². The minimum Gasteiger partial charge on any atom is -0.292 e. The molecule has 0 aliphatic rings. The fraction of sp³-hybridized carbons (Fsp3) is 0.0714. The number of benzene rings is 1. The molecule has 0 amide bonds. The molecule has 0 aliphatic carbocycles. The van der Waals surface area contributed by atoms with Crippen LogP contribution in [0.4, 0.5) is 17.6 Å². The van der Waals surface area contributed by atoms with Gasteiger partial charge in [-0.3, -0.25) is 10.0 Å². The van der Waals surface area contributed by atoms with Crippen molar-refractivity contribution in [2.45, 2.75) is 0 Å². The molecule has 4 rings (SSSR count). The number of nitrogens with one attached hydrogen (secondary N) is 3. The summed E-state index contributed by atoms with van der Waals surface area (Å²) in [4.78, 5) is 8.76. The maximum Gasteiger partial charge on any atom is 0.247 e. The Bertz CT molecular complexity index is 1170. The first kappa shape index (κ1) is 16.4. The average Bonchev–Trinajstić information content (AvgIpc) is 3.22. The summed E-state index contributed by atoms with van der Waals surface area (Å²) in [6.45, 7) is 0. The third-order valence-corrected chi connectivity index (χ3v) is 4.88. The summed E-state index contributed by atoms with van der Waals surface area (Å²) in [5.74, 6) is 0.682. The third-order valence-electron chi connectivity index (χ3n) is 3.37. The van der Waals surface area contributed by atoms with Gasteiger partial charge < -0.3 is 0 Å². The normalized spacial score (nSPS) is 11.6. The van der Waals surface area contributed by atoms with Crippen LogP contribution in [0.25, 0.3) is 21.3 Å². The van der Waals surface area contributed by atoms with E-state index in [2.05, 4.69) is 40.6 Å². The molecule has 0 spiro atoms. The number of sulfonamides is 1. The van der Waals surface area contributed by atoms with Crippen molar-refractivity contribution in [1.29, 1.82) is 0 Å². The Hall–Kier alpha value is -3.12. The first-order valence-corrected chi connectivity index (χ1v) is 10.1. The van der Waals surface area contributed by atoms with Crippen molar-refractivity contribution < 1.29 is 8.42 Å². The SMILES string of the molecule is CS(=O)(=O)Nc1cccc(-c2csc3cnc(Nc4nnn[nH]4)nc23)c1. The quantitative estimate of drug-likeness (QED) is 0.472. The van der Waals surface area contributed by atoms with E-state index in [1.807, 2.05) is 11.4 Å². The second-order valence-corrected chi connectivity index (χ2v) is 8.05. The Morgan fingerprint density at radius 1 is 1.27 bits per heavy atom. The maximum atomic E-state index is 11.4. The van der Waals surface area contributed by atoms with Gasteiger partial charge in [-0.2, -0.15) is 0 Å². The van der Waals surface area contributed by atoms with Crippen LogP contribution in [0.15, 0.2) is 35.8 Å². The predicted octanol–water partition coefficient (Wildman–Crippen LogP) is 1.99. The number of aromatic nitrogens is 6. The van der Waals surface area contributed by atoms with Gasteiger partial charge in [0, 0.05) is 16.6 Å². The third kappa shape index (κ3) is 3.45. The maximum absolute atomic E-state index is 11.4. The van der Waals surface area contributed by atoms with Gasteiger partial charge in [-0.15, -0.1) is 11.3 Å². The molecule has 4 aromatic rings. The van der Waals surface area contributed by atoms with Crippen LogP contribution in [-0.2, 0) is 10.0 Å². The number of rotatable bonds is 5. The van der Waals surface area contributed by atoms with Gasteiger partial charge in [0.2, 0.25) is 21.9 Å². The zero-order chi connectivity index (χ0) is 18.1. The van der Waals surface area contributed by atoms with Crippen LogP contribution in [0.1, 0.15) is 0 Å². The van der Waals surface area contributed by atoms with E-state index in [9.17, 15) is 8.42 Å². The molecule has 1 aromatic carbocycles. The summed E-state index contributed by atoms with van der Waals surface area (Å²) in [5, 5.41) is 18.1. The number of aromatic amines is 1. The molecule has 132 valence electrons. The average molecular weight is 388 g/mol. The molecule has 0 saturated heterocycles. The van der Waals surface area contributed by atoms with Gasteiger partial charge in [0.05, 0.1) is 22.7 Å². The summed E-state index contributed by atoms with van der Waals surface area (Å²) >= 11 is 1.50. The van der Waals surface area contributed by atoms with Crippen LogP contribution in [0.5, 0.6) is 0 Å². The highest BCUT2D eigenvalue weighted by atomic mass is 32.2. The second-order valence-electron chi connectivity index (χ2n) is 5.39. The lowest BCUT2D eigenvalue weighted by Crippen LogP contribution is -2.09. The summed E-state index contributed by atoms with van der Waals surface area (Å²) in [5.41, 5.74) is 2.96. The van der Waals surface area contributed by atoms with E-state index >= 15 is 0 Å². The lowest BCUT2D eigenvalue weighted by atomic mass is 10.1.